The van der Waals surface area contributed by atoms with E-state index in [-0.39, 0.29) is 24.0 Å². The molecule has 2 aromatic heterocycles. The smallest absolute Gasteiger partial charge is 0.188 e. The van der Waals surface area contributed by atoms with Gasteiger partial charge in [-0.05, 0) is 50.8 Å². The summed E-state index contributed by atoms with van der Waals surface area (Å²) in [4.78, 5) is 5.67. The zero-order valence-electron chi connectivity index (χ0n) is 10.1. The van der Waals surface area contributed by atoms with Gasteiger partial charge in [-0.15, -0.1) is 46.7 Å². The highest BCUT2D eigenvalue weighted by Crippen LogP contribution is 2.23. The van der Waals surface area contributed by atoms with Gasteiger partial charge in [0.2, 0.25) is 0 Å². The van der Waals surface area contributed by atoms with Gasteiger partial charge >= 0.3 is 0 Å². The molecule has 0 bridgehead atoms. The van der Waals surface area contributed by atoms with Gasteiger partial charge in [0.1, 0.15) is 0 Å². The molecule has 0 aliphatic carbocycles. The highest BCUT2D eigenvalue weighted by atomic mass is 127. The molecule has 2 rings (SSSR count). The summed E-state index contributed by atoms with van der Waals surface area (Å²) in [7, 11) is 0. The van der Waals surface area contributed by atoms with Gasteiger partial charge in [-0.25, -0.2) is 4.99 Å². The fraction of sp³-hybridized carbons (Fsp3) is 0.250. The Morgan fingerprint density at radius 3 is 2.79 bits per heavy atom. The Hall–Kier alpha value is -0.120. The molecular weight excluding hydrogens is 457 g/mol. The van der Waals surface area contributed by atoms with Gasteiger partial charge in [0, 0.05) is 11.4 Å². The largest absolute Gasteiger partial charge is 0.370 e. The second kappa shape index (κ2) is 8.93. The molecule has 3 N–H and O–H groups in total. The number of halogens is 2. The highest BCUT2D eigenvalue weighted by Gasteiger charge is 2.00. The van der Waals surface area contributed by atoms with Crippen LogP contribution in [0.3, 0.4) is 0 Å². The minimum Gasteiger partial charge on any atom is -0.370 e. The lowest BCUT2D eigenvalue weighted by Gasteiger charge is -2.04. The van der Waals surface area contributed by atoms with Gasteiger partial charge in [0.05, 0.1) is 10.3 Å². The summed E-state index contributed by atoms with van der Waals surface area (Å²) in [5, 5.41) is 7.25. The first kappa shape index (κ1) is 16.9. The third-order valence-corrected chi connectivity index (χ3v) is 5.12. The molecule has 19 heavy (non-hydrogen) atoms. The van der Waals surface area contributed by atoms with Crippen molar-refractivity contribution in [3.63, 3.8) is 0 Å². The molecule has 0 saturated heterocycles. The lowest BCUT2D eigenvalue weighted by atomic mass is 10.3. The maximum atomic E-state index is 5.81. The lowest BCUT2D eigenvalue weighted by molar-refractivity contribution is 0.857. The molecule has 0 spiro atoms. The van der Waals surface area contributed by atoms with Gasteiger partial charge in [-0.2, -0.15) is 0 Å². The van der Waals surface area contributed by atoms with E-state index in [1.165, 1.54) is 10.4 Å². The van der Waals surface area contributed by atoms with E-state index in [9.17, 15) is 0 Å². The molecule has 2 heterocycles. The summed E-state index contributed by atoms with van der Waals surface area (Å²) < 4.78 is 1.12. The minimum atomic E-state index is 0. The predicted octanol–water partition coefficient (Wildman–Crippen LogP) is 3.84. The number of nitrogens with two attached hydrogens (primary N) is 1. The Kier molecular flexibility index (Phi) is 7.96. The average molecular weight is 472 g/mol. The standard InChI is InChI=1S/C12H14BrN3S2.HI/c13-11-9(4-7-18-11)8-16-12(14)15-5-3-10-2-1-6-17-10;/h1-2,4,6-7H,3,5,8H2,(H3,14,15,16);1H. The summed E-state index contributed by atoms with van der Waals surface area (Å²) >= 11 is 6.91. The quantitative estimate of drug-likeness (QED) is 0.395. The van der Waals surface area contributed by atoms with Crippen LogP contribution in [-0.4, -0.2) is 12.5 Å². The van der Waals surface area contributed by atoms with Crippen LogP contribution in [0.1, 0.15) is 10.4 Å². The summed E-state index contributed by atoms with van der Waals surface area (Å²) in [5.74, 6) is 0.504. The maximum Gasteiger partial charge on any atom is 0.188 e. The number of rotatable bonds is 5. The van der Waals surface area contributed by atoms with Crippen molar-refractivity contribution < 1.29 is 0 Å². The van der Waals surface area contributed by atoms with Crippen molar-refractivity contribution in [3.05, 3.63) is 43.2 Å². The Labute approximate surface area is 146 Å². The number of nitrogens with zero attached hydrogens (tertiary/aromatic N) is 1. The second-order valence-corrected chi connectivity index (χ2v) is 6.94. The number of nitrogens with one attached hydrogen (secondary N) is 1. The SMILES string of the molecule is I.NC(=NCc1ccsc1Br)NCCc1cccs1. The number of thiophene rings is 2. The van der Waals surface area contributed by atoms with Crippen molar-refractivity contribution >= 4 is 68.5 Å². The van der Waals surface area contributed by atoms with Crippen molar-refractivity contribution in [2.75, 3.05) is 6.54 Å². The first-order valence-electron chi connectivity index (χ1n) is 5.54. The predicted molar refractivity (Wildman–Crippen MR) is 98.8 cm³/mol. The summed E-state index contributed by atoms with van der Waals surface area (Å²) in [6.45, 7) is 1.43. The van der Waals surface area contributed by atoms with Crippen LogP contribution in [0.5, 0.6) is 0 Å². The van der Waals surface area contributed by atoms with Crippen molar-refractivity contribution in [1.29, 1.82) is 0 Å². The molecule has 0 radical (unpaired) electrons. The van der Waals surface area contributed by atoms with E-state index in [1.807, 2.05) is 5.38 Å². The molecule has 0 atom stereocenters. The Morgan fingerprint density at radius 2 is 2.16 bits per heavy atom. The summed E-state index contributed by atoms with van der Waals surface area (Å²) in [6.07, 6.45) is 0.982. The van der Waals surface area contributed by atoms with Crippen LogP contribution in [0.25, 0.3) is 0 Å². The number of guanidine groups is 1. The Balaban J connectivity index is 0.00000180. The van der Waals surface area contributed by atoms with Gasteiger partial charge in [-0.3, -0.25) is 0 Å². The van der Waals surface area contributed by atoms with Gasteiger partial charge in [-0.1, -0.05) is 6.07 Å². The van der Waals surface area contributed by atoms with Crippen LogP contribution in [0, 0.1) is 0 Å². The molecular formula is C12H15BrIN3S2. The van der Waals surface area contributed by atoms with Crippen LogP contribution >= 0.6 is 62.6 Å². The lowest BCUT2D eigenvalue weighted by Crippen LogP contribution is -2.33. The molecule has 7 heteroatoms. The average Bonchev–Trinajstić information content (AvgIpc) is 2.98. The topological polar surface area (TPSA) is 50.4 Å². The van der Waals surface area contributed by atoms with Crippen molar-refractivity contribution in [3.8, 4) is 0 Å². The zero-order valence-corrected chi connectivity index (χ0v) is 15.7. The number of aliphatic imine (C=N–C) groups is 1. The second-order valence-electron chi connectivity index (χ2n) is 3.68. The Bertz CT molecular complexity index is 511. The Morgan fingerprint density at radius 1 is 1.32 bits per heavy atom. The first-order chi connectivity index (χ1) is 8.75. The molecule has 2 aromatic rings. The summed E-state index contributed by atoms with van der Waals surface area (Å²) in [6, 6.07) is 6.24. The molecule has 0 aromatic carbocycles. The monoisotopic (exact) mass is 471 g/mol. The molecule has 0 amide bonds. The van der Waals surface area contributed by atoms with E-state index in [0.29, 0.717) is 12.5 Å². The highest BCUT2D eigenvalue weighted by molar-refractivity contribution is 14.0. The van der Waals surface area contributed by atoms with E-state index in [4.69, 9.17) is 5.73 Å². The van der Waals surface area contributed by atoms with Crippen molar-refractivity contribution in [2.24, 2.45) is 10.7 Å². The van der Waals surface area contributed by atoms with Crippen LogP contribution in [0.4, 0.5) is 0 Å². The summed E-state index contributed by atoms with van der Waals surface area (Å²) in [5.41, 5.74) is 6.98. The molecule has 3 nitrogen and oxygen atoms in total. The molecule has 0 unspecified atom stereocenters. The van der Waals surface area contributed by atoms with E-state index >= 15 is 0 Å². The fourth-order valence-electron chi connectivity index (χ4n) is 1.43. The van der Waals surface area contributed by atoms with E-state index < -0.39 is 0 Å². The van der Waals surface area contributed by atoms with E-state index in [1.54, 1.807) is 22.7 Å². The first-order valence-corrected chi connectivity index (χ1v) is 8.09. The van der Waals surface area contributed by atoms with Crippen LogP contribution in [0.2, 0.25) is 0 Å². The minimum absolute atomic E-state index is 0. The molecule has 0 aliphatic rings. The fourth-order valence-corrected chi connectivity index (χ4v) is 3.35. The van der Waals surface area contributed by atoms with Crippen LogP contribution in [0.15, 0.2) is 37.7 Å². The van der Waals surface area contributed by atoms with E-state index in [2.05, 4.69) is 49.8 Å². The number of hydrogen-bond acceptors (Lipinski definition) is 3. The molecule has 0 saturated carbocycles. The van der Waals surface area contributed by atoms with Crippen molar-refractivity contribution in [2.45, 2.75) is 13.0 Å². The molecule has 0 aliphatic heterocycles. The van der Waals surface area contributed by atoms with E-state index in [0.717, 1.165) is 16.8 Å². The normalized spacial score (nSPS) is 11.1. The third kappa shape index (κ3) is 5.80. The molecule has 104 valence electrons. The number of hydrogen-bond donors (Lipinski definition) is 2. The van der Waals surface area contributed by atoms with Crippen LogP contribution in [-0.2, 0) is 13.0 Å². The molecule has 0 fully saturated rings. The van der Waals surface area contributed by atoms with Crippen molar-refractivity contribution in [1.82, 2.24) is 5.32 Å². The van der Waals surface area contributed by atoms with Gasteiger partial charge < -0.3 is 11.1 Å². The van der Waals surface area contributed by atoms with Gasteiger partial charge in [0.15, 0.2) is 5.96 Å². The third-order valence-electron chi connectivity index (χ3n) is 2.37. The van der Waals surface area contributed by atoms with Gasteiger partial charge in [0.25, 0.3) is 0 Å². The maximum absolute atomic E-state index is 5.81. The zero-order chi connectivity index (χ0) is 12.8. The van der Waals surface area contributed by atoms with Crippen LogP contribution < -0.4 is 11.1 Å².